The molecule has 1 atom stereocenters. The molecule has 10 heteroatoms. The number of carbonyl (C=O) groups excluding carboxylic acids is 2. The average molecular weight is 648 g/mol. The number of anilines is 1. The number of halogens is 1. The van der Waals surface area contributed by atoms with Crippen molar-refractivity contribution in [2.24, 2.45) is 0 Å². The summed E-state index contributed by atoms with van der Waals surface area (Å²) in [6.07, 6.45) is 0.214. The standard InChI is InChI=1S/C35H38ClN3O5S/c1-25(2)37-35(41)33(22-27-11-6-5-7-12-27)38(23-28-13-10-14-29(21-28)44-4)34(40)24-39(32-16-9-8-15-31(32)36)45(42,43)30-19-17-26(3)18-20-30/h5-21,25,33H,22-24H2,1-4H3,(H,37,41)/t33-/m0/s1. The molecule has 0 unspecified atom stereocenters. The van der Waals surface area contributed by atoms with Gasteiger partial charge in [0.25, 0.3) is 10.0 Å². The van der Waals surface area contributed by atoms with Crippen LogP contribution in [0, 0.1) is 6.92 Å². The van der Waals surface area contributed by atoms with Crippen LogP contribution in [0.25, 0.3) is 0 Å². The van der Waals surface area contributed by atoms with Gasteiger partial charge in [0, 0.05) is 19.0 Å². The molecule has 0 aromatic heterocycles. The molecule has 0 spiro atoms. The lowest BCUT2D eigenvalue weighted by molar-refractivity contribution is -0.140. The van der Waals surface area contributed by atoms with E-state index in [4.69, 9.17) is 16.3 Å². The highest BCUT2D eigenvalue weighted by Gasteiger charge is 2.35. The number of methoxy groups -OCH3 is 1. The highest BCUT2D eigenvalue weighted by atomic mass is 35.5. The monoisotopic (exact) mass is 647 g/mol. The number of benzene rings is 4. The van der Waals surface area contributed by atoms with E-state index in [-0.39, 0.29) is 40.5 Å². The van der Waals surface area contributed by atoms with Crippen LogP contribution >= 0.6 is 11.6 Å². The van der Waals surface area contributed by atoms with Crippen molar-refractivity contribution in [1.29, 1.82) is 0 Å². The number of aryl methyl sites for hydroxylation is 1. The lowest BCUT2D eigenvalue weighted by atomic mass is 10.0. The van der Waals surface area contributed by atoms with Crippen molar-refractivity contribution in [2.75, 3.05) is 18.0 Å². The number of nitrogens with one attached hydrogen (secondary N) is 1. The second-order valence-corrected chi connectivity index (χ2v) is 13.3. The Kier molecular flexibility index (Phi) is 11.3. The first-order valence-corrected chi connectivity index (χ1v) is 16.4. The van der Waals surface area contributed by atoms with Crippen molar-refractivity contribution in [3.05, 3.63) is 125 Å². The molecule has 4 aromatic carbocycles. The van der Waals surface area contributed by atoms with Gasteiger partial charge < -0.3 is 15.0 Å². The van der Waals surface area contributed by atoms with Crippen LogP contribution < -0.4 is 14.4 Å². The SMILES string of the molecule is COc1cccc(CN(C(=O)CN(c2ccccc2Cl)S(=O)(=O)c2ccc(C)cc2)[C@@H](Cc2ccccc2)C(=O)NC(C)C)c1. The zero-order valence-electron chi connectivity index (χ0n) is 25.8. The van der Waals surface area contributed by atoms with Gasteiger partial charge in [-0.15, -0.1) is 0 Å². The summed E-state index contributed by atoms with van der Waals surface area (Å²) < 4.78 is 34.7. The van der Waals surface area contributed by atoms with Crippen LogP contribution in [0.3, 0.4) is 0 Å². The fourth-order valence-corrected chi connectivity index (χ4v) is 6.63. The van der Waals surface area contributed by atoms with Gasteiger partial charge in [-0.3, -0.25) is 13.9 Å². The Hall–Kier alpha value is -4.34. The molecule has 1 N–H and O–H groups in total. The first-order valence-electron chi connectivity index (χ1n) is 14.6. The molecular formula is C35H38ClN3O5S. The number of hydrogen-bond donors (Lipinski definition) is 1. The first-order chi connectivity index (χ1) is 21.5. The minimum absolute atomic E-state index is 0.0125. The van der Waals surface area contributed by atoms with E-state index < -0.39 is 28.5 Å². The zero-order valence-corrected chi connectivity index (χ0v) is 27.4. The smallest absolute Gasteiger partial charge is 0.264 e. The Morgan fingerprint density at radius 2 is 1.51 bits per heavy atom. The predicted octanol–water partition coefficient (Wildman–Crippen LogP) is 6.02. The molecule has 4 aromatic rings. The molecule has 8 nitrogen and oxygen atoms in total. The van der Waals surface area contributed by atoms with Gasteiger partial charge in [0.2, 0.25) is 11.8 Å². The lowest BCUT2D eigenvalue weighted by Crippen LogP contribution is -2.54. The Bertz CT molecular complexity index is 1710. The molecule has 0 aliphatic heterocycles. The van der Waals surface area contributed by atoms with Gasteiger partial charge >= 0.3 is 0 Å². The van der Waals surface area contributed by atoms with E-state index in [9.17, 15) is 18.0 Å². The summed E-state index contributed by atoms with van der Waals surface area (Å²) in [6.45, 7) is 4.99. The molecule has 0 fully saturated rings. The van der Waals surface area contributed by atoms with Crippen molar-refractivity contribution < 1.29 is 22.7 Å². The van der Waals surface area contributed by atoms with Crippen molar-refractivity contribution in [3.63, 3.8) is 0 Å². The van der Waals surface area contributed by atoms with Crippen LogP contribution in [0.1, 0.15) is 30.5 Å². The van der Waals surface area contributed by atoms with E-state index in [1.54, 1.807) is 61.7 Å². The average Bonchev–Trinajstić information content (AvgIpc) is 3.02. The molecule has 0 heterocycles. The van der Waals surface area contributed by atoms with Crippen molar-refractivity contribution >= 4 is 39.1 Å². The quantitative estimate of drug-likeness (QED) is 0.192. The van der Waals surface area contributed by atoms with Crippen LogP contribution in [-0.4, -0.2) is 50.9 Å². The van der Waals surface area contributed by atoms with Crippen molar-refractivity contribution in [3.8, 4) is 5.75 Å². The van der Waals surface area contributed by atoms with E-state index in [0.717, 1.165) is 15.4 Å². The van der Waals surface area contributed by atoms with Gasteiger partial charge in [-0.2, -0.15) is 0 Å². The topological polar surface area (TPSA) is 96.0 Å². The summed E-state index contributed by atoms with van der Waals surface area (Å²) in [6, 6.07) is 28.3. The molecule has 0 radical (unpaired) electrons. The molecule has 0 aliphatic rings. The second kappa shape index (κ2) is 15.1. The molecule has 0 bridgehead atoms. The third kappa shape index (κ3) is 8.65. The summed E-state index contributed by atoms with van der Waals surface area (Å²) in [4.78, 5) is 29.8. The van der Waals surface area contributed by atoms with Crippen LogP contribution in [0.5, 0.6) is 5.75 Å². The van der Waals surface area contributed by atoms with Crippen LogP contribution in [-0.2, 0) is 32.6 Å². The maximum Gasteiger partial charge on any atom is 0.264 e. The van der Waals surface area contributed by atoms with Gasteiger partial charge in [0.1, 0.15) is 18.3 Å². The Morgan fingerprint density at radius 1 is 0.867 bits per heavy atom. The first kappa shape index (κ1) is 33.6. The molecule has 236 valence electrons. The maximum atomic E-state index is 14.5. The third-order valence-corrected chi connectivity index (χ3v) is 9.29. The number of ether oxygens (including phenoxy) is 1. The van der Waals surface area contributed by atoms with E-state index >= 15 is 0 Å². The number of nitrogens with zero attached hydrogens (tertiary/aromatic N) is 2. The van der Waals surface area contributed by atoms with E-state index in [1.807, 2.05) is 57.2 Å². The van der Waals surface area contributed by atoms with Gasteiger partial charge in [-0.05, 0) is 68.3 Å². The fourth-order valence-electron chi connectivity index (χ4n) is 4.91. The number of rotatable bonds is 13. The highest BCUT2D eigenvalue weighted by Crippen LogP contribution is 2.31. The number of carbonyl (C=O) groups is 2. The molecule has 0 aliphatic carbocycles. The summed E-state index contributed by atoms with van der Waals surface area (Å²) in [7, 11) is -2.70. The summed E-state index contributed by atoms with van der Waals surface area (Å²) in [5.41, 5.74) is 2.60. The van der Waals surface area contributed by atoms with E-state index in [2.05, 4.69) is 5.32 Å². The minimum atomic E-state index is -4.25. The van der Waals surface area contributed by atoms with Crippen LogP contribution in [0.4, 0.5) is 5.69 Å². The largest absolute Gasteiger partial charge is 0.497 e. The van der Waals surface area contributed by atoms with Crippen molar-refractivity contribution in [1.82, 2.24) is 10.2 Å². The lowest BCUT2D eigenvalue weighted by Gasteiger charge is -2.34. The Balaban J connectivity index is 1.82. The Labute approximate surface area is 270 Å². The third-order valence-electron chi connectivity index (χ3n) is 7.20. The van der Waals surface area contributed by atoms with Gasteiger partial charge in [-0.1, -0.05) is 83.9 Å². The maximum absolute atomic E-state index is 14.5. The molecule has 0 saturated heterocycles. The molecule has 0 saturated carbocycles. The number of amides is 2. The van der Waals surface area contributed by atoms with Gasteiger partial charge in [-0.25, -0.2) is 8.42 Å². The van der Waals surface area contributed by atoms with Crippen LogP contribution in [0.15, 0.2) is 108 Å². The fraction of sp³-hybridized carbons (Fsp3) is 0.257. The normalized spacial score (nSPS) is 12.0. The summed E-state index contributed by atoms with van der Waals surface area (Å²) in [5, 5.41) is 3.12. The predicted molar refractivity (Wildman–Crippen MR) is 178 cm³/mol. The number of hydrogen-bond acceptors (Lipinski definition) is 5. The molecule has 45 heavy (non-hydrogen) atoms. The van der Waals surface area contributed by atoms with Crippen LogP contribution in [0.2, 0.25) is 5.02 Å². The van der Waals surface area contributed by atoms with Gasteiger partial charge in [0.05, 0.1) is 22.7 Å². The van der Waals surface area contributed by atoms with Crippen molar-refractivity contribution in [2.45, 2.75) is 50.7 Å². The van der Waals surface area contributed by atoms with Gasteiger partial charge in [0.15, 0.2) is 0 Å². The minimum Gasteiger partial charge on any atom is -0.497 e. The molecule has 2 amide bonds. The zero-order chi connectivity index (χ0) is 32.6. The Morgan fingerprint density at radius 3 is 2.16 bits per heavy atom. The summed E-state index contributed by atoms with van der Waals surface area (Å²) in [5.74, 6) is -0.338. The van der Waals surface area contributed by atoms with E-state index in [0.29, 0.717) is 11.3 Å². The number of para-hydroxylation sites is 1. The summed E-state index contributed by atoms with van der Waals surface area (Å²) >= 11 is 6.53. The number of sulfonamides is 1. The highest BCUT2D eigenvalue weighted by molar-refractivity contribution is 7.92. The second-order valence-electron chi connectivity index (χ2n) is 11.0. The van der Waals surface area contributed by atoms with E-state index in [1.165, 1.54) is 17.0 Å². The molecular weight excluding hydrogens is 610 g/mol. The molecule has 4 rings (SSSR count).